The van der Waals surface area contributed by atoms with E-state index in [0.717, 1.165) is 54.9 Å². The molecule has 0 heterocycles. The topological polar surface area (TPSA) is 18.5 Å². The zero-order valence-corrected chi connectivity index (χ0v) is 12.2. The Morgan fingerprint density at radius 1 is 1.12 bits per heavy atom. The molecule has 95 valence electrons. The molecule has 1 rings (SSSR count). The van der Waals surface area contributed by atoms with Gasteiger partial charge in [0.25, 0.3) is 0 Å². The second-order valence-electron chi connectivity index (χ2n) is 3.89. The molecule has 0 fully saturated rings. The zero-order chi connectivity index (χ0) is 12.5. The maximum Gasteiger partial charge on any atom is 0.175 e. The highest BCUT2D eigenvalue weighted by Crippen LogP contribution is 2.35. The third kappa shape index (κ3) is 4.99. The molecule has 0 spiro atoms. The fraction of sp³-hybridized carbons (Fsp3) is 0.571. The van der Waals surface area contributed by atoms with Crippen LogP contribution in [0.1, 0.15) is 39.5 Å². The molecule has 0 aliphatic rings. The second-order valence-corrected chi connectivity index (χ2v) is 4.68. The van der Waals surface area contributed by atoms with Crippen molar-refractivity contribution in [3.63, 3.8) is 0 Å². The predicted molar refractivity (Wildman–Crippen MR) is 73.8 cm³/mol. The van der Waals surface area contributed by atoms with E-state index in [9.17, 15) is 0 Å². The molecular formula is C14H20BrO2. The number of unbranched alkanes of at least 4 members (excludes halogenated alkanes) is 2. The van der Waals surface area contributed by atoms with Crippen molar-refractivity contribution in [1.82, 2.24) is 0 Å². The Morgan fingerprint density at radius 2 is 1.76 bits per heavy atom. The van der Waals surface area contributed by atoms with Crippen molar-refractivity contribution in [2.45, 2.75) is 39.5 Å². The lowest BCUT2D eigenvalue weighted by molar-refractivity contribution is 0.260. The maximum atomic E-state index is 5.74. The average Bonchev–Trinajstić information content (AvgIpc) is 2.33. The summed E-state index contributed by atoms with van der Waals surface area (Å²) in [7, 11) is 0. The molecular weight excluding hydrogens is 280 g/mol. The Bertz CT molecular complexity index is 326. The van der Waals surface area contributed by atoms with Crippen LogP contribution in [-0.2, 0) is 0 Å². The molecule has 0 aromatic heterocycles. The molecule has 1 aromatic carbocycles. The van der Waals surface area contributed by atoms with Gasteiger partial charge in [0.2, 0.25) is 0 Å². The van der Waals surface area contributed by atoms with Crippen LogP contribution in [-0.4, -0.2) is 13.2 Å². The standard InChI is InChI=1S/C14H20BrO2/c1-3-5-10-16-13-9-7-8-12(15)14(13)17-11-6-4-2/h7,9H,3-6,10-11H2,1-2H3. The van der Waals surface area contributed by atoms with E-state index in [4.69, 9.17) is 9.47 Å². The molecule has 0 N–H and O–H groups in total. The van der Waals surface area contributed by atoms with E-state index in [2.05, 4.69) is 35.8 Å². The molecule has 0 unspecified atom stereocenters. The molecule has 0 saturated heterocycles. The van der Waals surface area contributed by atoms with E-state index < -0.39 is 0 Å². The normalized spacial score (nSPS) is 10.3. The van der Waals surface area contributed by atoms with E-state index in [1.165, 1.54) is 0 Å². The summed E-state index contributed by atoms with van der Waals surface area (Å²) in [5.41, 5.74) is 0. The van der Waals surface area contributed by atoms with Gasteiger partial charge < -0.3 is 9.47 Å². The largest absolute Gasteiger partial charge is 0.490 e. The van der Waals surface area contributed by atoms with Gasteiger partial charge in [0.15, 0.2) is 11.5 Å². The van der Waals surface area contributed by atoms with Gasteiger partial charge in [-0.1, -0.05) is 26.7 Å². The van der Waals surface area contributed by atoms with Crippen LogP contribution in [0.2, 0.25) is 0 Å². The van der Waals surface area contributed by atoms with Crippen LogP contribution >= 0.6 is 15.9 Å². The Balaban J connectivity index is 2.63. The molecule has 0 amide bonds. The van der Waals surface area contributed by atoms with Crippen molar-refractivity contribution >= 4 is 15.9 Å². The van der Waals surface area contributed by atoms with Crippen LogP contribution in [0.25, 0.3) is 0 Å². The molecule has 0 aliphatic carbocycles. The molecule has 1 aromatic rings. The summed E-state index contributed by atoms with van der Waals surface area (Å²) in [5.74, 6) is 1.58. The van der Waals surface area contributed by atoms with Crippen LogP contribution in [0.3, 0.4) is 0 Å². The Labute approximate surface area is 112 Å². The maximum absolute atomic E-state index is 5.74. The lowest BCUT2D eigenvalue weighted by atomic mass is 10.3. The van der Waals surface area contributed by atoms with E-state index in [1.807, 2.05) is 12.1 Å². The van der Waals surface area contributed by atoms with E-state index >= 15 is 0 Å². The van der Waals surface area contributed by atoms with E-state index in [0.29, 0.717) is 0 Å². The first-order valence-corrected chi connectivity index (χ1v) is 7.04. The van der Waals surface area contributed by atoms with Crippen molar-refractivity contribution in [3.05, 3.63) is 22.7 Å². The fourth-order valence-electron chi connectivity index (χ4n) is 1.33. The number of ether oxygens (including phenoxy) is 2. The van der Waals surface area contributed by atoms with Crippen LogP contribution in [0.4, 0.5) is 0 Å². The number of rotatable bonds is 8. The summed E-state index contributed by atoms with van der Waals surface area (Å²) in [6.07, 6.45) is 4.37. The van der Waals surface area contributed by atoms with Crippen molar-refractivity contribution in [2.24, 2.45) is 0 Å². The molecule has 17 heavy (non-hydrogen) atoms. The first-order chi connectivity index (χ1) is 8.29. The predicted octanol–water partition coefficient (Wildman–Crippen LogP) is 4.61. The van der Waals surface area contributed by atoms with Gasteiger partial charge in [-0.15, -0.1) is 0 Å². The summed E-state index contributed by atoms with van der Waals surface area (Å²) in [6, 6.07) is 6.82. The van der Waals surface area contributed by atoms with Gasteiger partial charge in [0.1, 0.15) is 0 Å². The third-order valence-electron chi connectivity index (χ3n) is 2.37. The van der Waals surface area contributed by atoms with Crippen molar-refractivity contribution in [1.29, 1.82) is 0 Å². The van der Waals surface area contributed by atoms with Crippen molar-refractivity contribution in [3.8, 4) is 11.5 Å². The monoisotopic (exact) mass is 299 g/mol. The van der Waals surface area contributed by atoms with Crippen LogP contribution in [0, 0.1) is 6.07 Å². The minimum absolute atomic E-state index is 0.719. The van der Waals surface area contributed by atoms with Gasteiger partial charge in [-0.3, -0.25) is 0 Å². The van der Waals surface area contributed by atoms with Gasteiger partial charge in [-0.2, -0.15) is 0 Å². The first-order valence-electron chi connectivity index (χ1n) is 6.25. The fourth-order valence-corrected chi connectivity index (χ4v) is 1.78. The first kappa shape index (κ1) is 14.4. The molecule has 0 atom stereocenters. The van der Waals surface area contributed by atoms with Crippen LogP contribution in [0.15, 0.2) is 16.6 Å². The lowest BCUT2D eigenvalue weighted by Gasteiger charge is -2.13. The third-order valence-corrected chi connectivity index (χ3v) is 2.96. The van der Waals surface area contributed by atoms with Crippen molar-refractivity contribution in [2.75, 3.05) is 13.2 Å². The zero-order valence-electron chi connectivity index (χ0n) is 10.6. The quantitative estimate of drug-likeness (QED) is 0.653. The minimum atomic E-state index is 0.719. The van der Waals surface area contributed by atoms with E-state index in [-0.39, 0.29) is 0 Å². The van der Waals surface area contributed by atoms with E-state index in [1.54, 1.807) is 0 Å². The molecule has 0 aliphatic heterocycles. The highest BCUT2D eigenvalue weighted by atomic mass is 79.9. The number of hydrogen-bond acceptors (Lipinski definition) is 2. The summed E-state index contributed by atoms with van der Waals surface area (Å²) >= 11 is 3.45. The lowest BCUT2D eigenvalue weighted by Crippen LogP contribution is -2.02. The minimum Gasteiger partial charge on any atom is -0.490 e. The smallest absolute Gasteiger partial charge is 0.175 e. The Morgan fingerprint density at radius 3 is 2.41 bits per heavy atom. The molecule has 2 nitrogen and oxygen atoms in total. The molecule has 0 saturated carbocycles. The highest BCUT2D eigenvalue weighted by Gasteiger charge is 2.09. The number of benzene rings is 1. The number of halogens is 1. The van der Waals surface area contributed by atoms with Crippen LogP contribution < -0.4 is 9.47 Å². The molecule has 0 bridgehead atoms. The van der Waals surface area contributed by atoms with Gasteiger partial charge in [-0.05, 0) is 40.9 Å². The average molecular weight is 300 g/mol. The Kier molecular flexibility index (Phi) is 7.10. The summed E-state index contributed by atoms with van der Waals surface area (Å²) in [4.78, 5) is 0. The van der Waals surface area contributed by atoms with Gasteiger partial charge in [-0.25, -0.2) is 0 Å². The SMILES string of the molecule is CCCCOc1cc[c]c(Br)c1OCCCC. The Hall–Kier alpha value is -0.700. The summed E-state index contributed by atoms with van der Waals surface area (Å²) in [5, 5.41) is 0. The van der Waals surface area contributed by atoms with Crippen molar-refractivity contribution < 1.29 is 9.47 Å². The van der Waals surface area contributed by atoms with Gasteiger partial charge >= 0.3 is 0 Å². The van der Waals surface area contributed by atoms with Gasteiger partial charge in [0, 0.05) is 6.07 Å². The van der Waals surface area contributed by atoms with Gasteiger partial charge in [0.05, 0.1) is 17.7 Å². The highest BCUT2D eigenvalue weighted by molar-refractivity contribution is 9.10. The summed E-state index contributed by atoms with van der Waals surface area (Å²) in [6.45, 7) is 5.75. The second kappa shape index (κ2) is 8.40. The number of hydrogen-bond donors (Lipinski definition) is 0. The molecule has 3 heteroatoms. The molecule has 1 radical (unpaired) electrons. The summed E-state index contributed by atoms with van der Waals surface area (Å²) < 4.78 is 12.3. The van der Waals surface area contributed by atoms with Crippen LogP contribution in [0.5, 0.6) is 11.5 Å².